The van der Waals surface area contributed by atoms with Gasteiger partial charge in [-0.3, -0.25) is 9.59 Å². The van der Waals surface area contributed by atoms with Crippen LogP contribution in [0.25, 0.3) is 0 Å². The maximum atomic E-state index is 11.0. The lowest BCUT2D eigenvalue weighted by Gasteiger charge is -2.36. The Balaban J connectivity index is 2.36. The van der Waals surface area contributed by atoms with Crippen molar-refractivity contribution in [2.24, 2.45) is 5.92 Å². The van der Waals surface area contributed by atoms with Crippen molar-refractivity contribution in [3.63, 3.8) is 0 Å². The van der Waals surface area contributed by atoms with Crippen molar-refractivity contribution >= 4 is 23.7 Å². The molecule has 0 amide bonds. The Labute approximate surface area is 205 Å². The molecular weight excluding hydrogens is 436 g/mol. The number of aliphatic carboxylic acids is 2. The van der Waals surface area contributed by atoms with E-state index in [9.17, 15) is 14.7 Å². The van der Waals surface area contributed by atoms with E-state index in [4.69, 9.17) is 10.2 Å². The van der Waals surface area contributed by atoms with Gasteiger partial charge >= 0.3 is 11.9 Å². The van der Waals surface area contributed by atoms with Crippen LogP contribution in [0.2, 0.25) is 0 Å². The van der Waals surface area contributed by atoms with Gasteiger partial charge in [-0.05, 0) is 50.2 Å². The van der Waals surface area contributed by atoms with Gasteiger partial charge in [-0.25, -0.2) is 0 Å². The summed E-state index contributed by atoms with van der Waals surface area (Å²) in [7, 11) is 0. The van der Waals surface area contributed by atoms with Crippen molar-refractivity contribution in [3.8, 4) is 0 Å². The summed E-state index contributed by atoms with van der Waals surface area (Å²) in [5.74, 6) is -0.885. The van der Waals surface area contributed by atoms with Gasteiger partial charge in [0.2, 0.25) is 0 Å². The molecule has 1 saturated carbocycles. The van der Waals surface area contributed by atoms with E-state index >= 15 is 0 Å². The minimum absolute atomic E-state index is 0.0113. The number of hydrogen-bond acceptors (Lipinski definition) is 4. The number of rotatable bonds is 20. The van der Waals surface area contributed by atoms with E-state index in [2.05, 4.69) is 13.0 Å². The highest BCUT2D eigenvalue weighted by molar-refractivity contribution is 8.00. The van der Waals surface area contributed by atoms with Crippen LogP contribution in [-0.2, 0) is 9.59 Å². The molecule has 0 aromatic carbocycles. The van der Waals surface area contributed by atoms with E-state index in [-0.39, 0.29) is 24.0 Å². The third kappa shape index (κ3) is 14.8. The second-order valence-electron chi connectivity index (χ2n) is 9.61. The van der Waals surface area contributed by atoms with Gasteiger partial charge in [-0.2, -0.15) is 11.8 Å². The molecule has 0 radical (unpaired) electrons. The summed E-state index contributed by atoms with van der Waals surface area (Å²) in [5, 5.41) is 28.8. The lowest BCUT2D eigenvalue weighted by molar-refractivity contribution is -0.138. The number of aliphatic hydroxyl groups excluding tert-OH is 1. The van der Waals surface area contributed by atoms with Crippen LogP contribution in [0.15, 0.2) is 11.6 Å². The van der Waals surface area contributed by atoms with Gasteiger partial charge in [0.1, 0.15) is 0 Å². The number of hydrogen-bond donors (Lipinski definition) is 3. The molecule has 0 bridgehead atoms. The number of carbonyl (C=O) groups is 2. The average molecular weight is 485 g/mol. The second-order valence-corrected chi connectivity index (χ2v) is 10.9. The number of carboxylic acids is 2. The maximum Gasteiger partial charge on any atom is 0.303 e. The van der Waals surface area contributed by atoms with Crippen molar-refractivity contribution in [2.75, 3.05) is 5.75 Å². The van der Waals surface area contributed by atoms with Crippen molar-refractivity contribution < 1.29 is 24.9 Å². The Hall–Kier alpha value is -1.01. The van der Waals surface area contributed by atoms with Gasteiger partial charge in [-0.1, -0.05) is 82.8 Å². The lowest BCUT2D eigenvalue weighted by Crippen LogP contribution is -2.37. The number of unbranched alkanes of at least 4 members (excludes halogenated alkanes) is 11. The summed E-state index contributed by atoms with van der Waals surface area (Å²) in [6.45, 7) is 2.26. The van der Waals surface area contributed by atoms with Crippen molar-refractivity contribution in [1.29, 1.82) is 0 Å². The molecule has 1 aliphatic carbocycles. The van der Waals surface area contributed by atoms with Gasteiger partial charge in [-0.15, -0.1) is 0 Å². The van der Waals surface area contributed by atoms with Crippen molar-refractivity contribution in [2.45, 2.75) is 134 Å². The third-order valence-corrected chi connectivity index (χ3v) is 8.20. The predicted octanol–water partition coefficient (Wildman–Crippen LogP) is 7.22. The fourth-order valence-corrected chi connectivity index (χ4v) is 6.12. The minimum Gasteiger partial charge on any atom is -0.481 e. The fourth-order valence-electron chi connectivity index (χ4n) is 4.71. The molecule has 3 atom stereocenters. The summed E-state index contributed by atoms with van der Waals surface area (Å²) in [5.41, 5.74) is 1.28. The Morgan fingerprint density at radius 2 is 1.45 bits per heavy atom. The van der Waals surface area contributed by atoms with Crippen LogP contribution in [-0.4, -0.2) is 44.4 Å². The first-order chi connectivity index (χ1) is 16.0. The maximum absolute atomic E-state index is 11.0. The van der Waals surface area contributed by atoms with Crippen LogP contribution in [0.5, 0.6) is 0 Å². The lowest BCUT2D eigenvalue weighted by atomic mass is 9.80. The molecule has 1 aliphatic rings. The topological polar surface area (TPSA) is 94.8 Å². The van der Waals surface area contributed by atoms with Gasteiger partial charge in [0.05, 0.1) is 11.4 Å². The summed E-state index contributed by atoms with van der Waals surface area (Å²) in [6.07, 6.45) is 20.5. The molecule has 0 aliphatic heterocycles. The first-order valence-electron chi connectivity index (χ1n) is 13.4. The van der Waals surface area contributed by atoms with E-state index in [1.54, 1.807) is 11.8 Å². The van der Waals surface area contributed by atoms with Crippen LogP contribution in [0.3, 0.4) is 0 Å². The molecule has 0 aromatic rings. The number of thioether (sulfide) groups is 1. The molecule has 1 rings (SSSR count). The van der Waals surface area contributed by atoms with E-state index in [1.807, 2.05) is 0 Å². The highest BCUT2D eigenvalue weighted by Crippen LogP contribution is 2.39. The van der Waals surface area contributed by atoms with E-state index in [0.29, 0.717) is 18.6 Å². The third-order valence-electron chi connectivity index (χ3n) is 6.74. The Bertz CT molecular complexity index is 563. The summed E-state index contributed by atoms with van der Waals surface area (Å²) in [6, 6.07) is 0. The normalized spacial score (nSPS) is 22.0. The van der Waals surface area contributed by atoms with E-state index in [0.717, 1.165) is 19.3 Å². The summed E-state index contributed by atoms with van der Waals surface area (Å²) in [4.78, 5) is 21.7. The molecule has 3 N–H and O–H groups in total. The van der Waals surface area contributed by atoms with Gasteiger partial charge in [0, 0.05) is 12.8 Å². The largest absolute Gasteiger partial charge is 0.481 e. The average Bonchev–Trinajstić information content (AvgIpc) is 2.77. The molecule has 5 nitrogen and oxygen atoms in total. The zero-order valence-corrected chi connectivity index (χ0v) is 21.6. The Morgan fingerprint density at radius 3 is 2.03 bits per heavy atom. The fraction of sp³-hybridized carbons (Fsp3) is 0.852. The molecule has 1 fully saturated rings. The molecule has 0 spiro atoms. The molecule has 0 saturated heterocycles. The molecule has 0 aromatic heterocycles. The molecule has 6 heteroatoms. The van der Waals surface area contributed by atoms with Crippen molar-refractivity contribution in [1.82, 2.24) is 0 Å². The number of allylic oxidation sites excluding steroid dienone is 1. The number of aliphatic hydroxyl groups is 1. The Kier molecular flexibility index (Phi) is 17.6. The first-order valence-corrected chi connectivity index (χ1v) is 14.4. The van der Waals surface area contributed by atoms with Gasteiger partial charge in [0.15, 0.2) is 0 Å². The van der Waals surface area contributed by atoms with Gasteiger partial charge < -0.3 is 15.3 Å². The predicted molar refractivity (Wildman–Crippen MR) is 138 cm³/mol. The Morgan fingerprint density at radius 1 is 0.879 bits per heavy atom. The molecule has 0 unspecified atom stereocenters. The van der Waals surface area contributed by atoms with Crippen LogP contribution in [0, 0.1) is 5.92 Å². The zero-order valence-electron chi connectivity index (χ0n) is 20.8. The zero-order chi connectivity index (χ0) is 24.3. The standard InChI is InChI=1S/C27H48O5S/c1-2-3-4-5-6-7-8-9-10-11-12-13-15-23-18-17-22(19-20-25(30)31)26(32)27(23)33-21-14-16-24(28)29/h15,22,26-27,32H,2-14,16-21H2,1H3,(H,28,29)(H,30,31)/b23-15+/t22-,26+,27+/m0/s1. The smallest absolute Gasteiger partial charge is 0.303 e. The summed E-state index contributed by atoms with van der Waals surface area (Å²) >= 11 is 1.65. The molecule has 33 heavy (non-hydrogen) atoms. The SMILES string of the molecule is CCCCCCCCCCCCC/C=C1\CC[C@@H](CCC(=O)O)[C@@H](O)[C@@H]1SCCCC(=O)O. The van der Waals surface area contributed by atoms with Crippen LogP contribution >= 0.6 is 11.8 Å². The molecule has 0 heterocycles. The monoisotopic (exact) mass is 484 g/mol. The first kappa shape index (κ1) is 30.0. The molecule has 192 valence electrons. The molecular formula is C27H48O5S. The number of carboxylic acid groups (broad SMARTS) is 2. The quantitative estimate of drug-likeness (QED) is 0.125. The van der Waals surface area contributed by atoms with E-state index in [1.165, 1.54) is 76.2 Å². The van der Waals surface area contributed by atoms with Crippen LogP contribution < -0.4 is 0 Å². The van der Waals surface area contributed by atoms with Gasteiger partial charge in [0.25, 0.3) is 0 Å². The highest BCUT2D eigenvalue weighted by atomic mass is 32.2. The second kappa shape index (κ2) is 19.3. The summed E-state index contributed by atoms with van der Waals surface area (Å²) < 4.78 is 0. The highest BCUT2D eigenvalue weighted by Gasteiger charge is 2.35. The van der Waals surface area contributed by atoms with E-state index < -0.39 is 18.0 Å². The minimum atomic E-state index is -0.814. The van der Waals surface area contributed by atoms with Crippen LogP contribution in [0.1, 0.15) is 122 Å². The van der Waals surface area contributed by atoms with Crippen molar-refractivity contribution in [3.05, 3.63) is 11.6 Å². The van der Waals surface area contributed by atoms with Crippen LogP contribution in [0.4, 0.5) is 0 Å².